The van der Waals surface area contributed by atoms with E-state index in [2.05, 4.69) is 93.7 Å². The number of phosphoric acid groups is 1. The van der Waals surface area contributed by atoms with Crippen molar-refractivity contribution < 1.29 is 52.2 Å². The number of ether oxygens (including phenoxy) is 3. The Morgan fingerprint density at radius 1 is 0.372 bits per heavy atom. The van der Waals surface area contributed by atoms with Crippen LogP contribution < -0.4 is 0 Å². The van der Waals surface area contributed by atoms with Gasteiger partial charge in [0.25, 0.3) is 0 Å². The molecule has 0 radical (unpaired) electrons. The number of hydrogen-bond acceptors (Lipinski definition) is 10. The van der Waals surface area contributed by atoms with Crippen LogP contribution in [-0.4, -0.2) is 66.5 Å². The standard InChI is InChI=1S/C66H117O11P/c1-4-7-10-13-16-19-22-25-27-29-31-33-35-38-40-43-46-49-52-55-64(68)73-59-63(77-66(70)57-54-51-48-45-42-39-36-34-32-30-28-26-23-20-17-14-11-8-5-2)61-75-78(71,72)74-60-62(58-67)76-65(69)56-53-50-47-44-41-37-24-21-18-15-12-9-6-3/h7,10,16-17,19-20,25-28,31,33,62-63,67H,4-6,8-9,11-15,18,21-24,29-30,32,34-61H2,1-3H3,(H,71,72)/b10-7-,19-16-,20-17-,27-25-,28-26-,33-31-. The predicted octanol–water partition coefficient (Wildman–Crippen LogP) is 19.3. The molecule has 0 heterocycles. The van der Waals surface area contributed by atoms with Crippen LogP contribution in [0.2, 0.25) is 0 Å². The second-order valence-electron chi connectivity index (χ2n) is 21.2. The van der Waals surface area contributed by atoms with E-state index in [0.29, 0.717) is 19.3 Å². The number of carbonyl (C=O) groups is 3. The van der Waals surface area contributed by atoms with Gasteiger partial charge in [0.05, 0.1) is 19.8 Å². The van der Waals surface area contributed by atoms with Crippen molar-refractivity contribution in [3.05, 3.63) is 72.9 Å². The summed E-state index contributed by atoms with van der Waals surface area (Å²) in [5.41, 5.74) is 0. The Morgan fingerprint density at radius 2 is 0.667 bits per heavy atom. The highest BCUT2D eigenvalue weighted by Crippen LogP contribution is 2.43. The molecule has 78 heavy (non-hydrogen) atoms. The van der Waals surface area contributed by atoms with Crippen molar-refractivity contribution in [3.63, 3.8) is 0 Å². The first-order chi connectivity index (χ1) is 38.2. The van der Waals surface area contributed by atoms with E-state index in [-0.39, 0.29) is 25.9 Å². The smallest absolute Gasteiger partial charge is 0.462 e. The molecule has 3 atom stereocenters. The maximum Gasteiger partial charge on any atom is 0.472 e. The van der Waals surface area contributed by atoms with Gasteiger partial charge >= 0.3 is 25.7 Å². The third-order valence-corrected chi connectivity index (χ3v) is 14.6. The minimum absolute atomic E-state index is 0.159. The minimum Gasteiger partial charge on any atom is -0.462 e. The highest BCUT2D eigenvalue weighted by molar-refractivity contribution is 7.47. The molecule has 0 amide bonds. The van der Waals surface area contributed by atoms with Gasteiger partial charge in [0.15, 0.2) is 6.10 Å². The Hall–Kier alpha value is -3.08. The van der Waals surface area contributed by atoms with E-state index in [1.807, 2.05) is 0 Å². The number of rotatable bonds is 59. The lowest BCUT2D eigenvalue weighted by Gasteiger charge is -2.21. The van der Waals surface area contributed by atoms with E-state index in [1.165, 1.54) is 116 Å². The normalized spacial score (nSPS) is 13.8. The summed E-state index contributed by atoms with van der Waals surface area (Å²) < 4.78 is 39.7. The van der Waals surface area contributed by atoms with Gasteiger partial charge in [0, 0.05) is 19.3 Å². The fourth-order valence-electron chi connectivity index (χ4n) is 8.79. The first-order valence-corrected chi connectivity index (χ1v) is 33.3. The maximum absolute atomic E-state index is 13.0. The van der Waals surface area contributed by atoms with Crippen molar-refractivity contribution in [2.75, 3.05) is 26.4 Å². The van der Waals surface area contributed by atoms with Crippen LogP contribution in [0.3, 0.4) is 0 Å². The summed E-state index contributed by atoms with van der Waals surface area (Å²) in [5.74, 6) is -1.47. The topological polar surface area (TPSA) is 155 Å². The van der Waals surface area contributed by atoms with E-state index in [9.17, 15) is 28.9 Å². The van der Waals surface area contributed by atoms with Crippen molar-refractivity contribution >= 4 is 25.7 Å². The maximum atomic E-state index is 13.0. The lowest BCUT2D eigenvalue weighted by Crippen LogP contribution is -2.30. The van der Waals surface area contributed by atoms with E-state index < -0.39 is 57.8 Å². The van der Waals surface area contributed by atoms with Gasteiger partial charge in [0.1, 0.15) is 12.7 Å². The molecule has 0 aliphatic rings. The number of hydrogen-bond donors (Lipinski definition) is 2. The van der Waals surface area contributed by atoms with Gasteiger partial charge in [-0.2, -0.15) is 0 Å². The zero-order valence-electron chi connectivity index (χ0n) is 50.1. The van der Waals surface area contributed by atoms with Gasteiger partial charge in [-0.05, 0) is 89.9 Å². The van der Waals surface area contributed by atoms with E-state index in [4.69, 9.17) is 23.3 Å². The Kier molecular flexibility index (Phi) is 57.7. The molecule has 0 aromatic heterocycles. The van der Waals surface area contributed by atoms with Crippen LogP contribution in [0.5, 0.6) is 0 Å². The van der Waals surface area contributed by atoms with Crippen LogP contribution in [-0.2, 0) is 42.2 Å². The van der Waals surface area contributed by atoms with Gasteiger partial charge in [-0.1, -0.05) is 254 Å². The quantitative estimate of drug-likeness (QED) is 0.0197. The molecule has 2 N–H and O–H groups in total. The molecule has 0 aliphatic heterocycles. The van der Waals surface area contributed by atoms with Gasteiger partial charge in [0.2, 0.25) is 0 Å². The first kappa shape index (κ1) is 74.9. The average Bonchev–Trinajstić information content (AvgIpc) is 3.43. The Bertz CT molecular complexity index is 1590. The number of unbranched alkanes of at least 4 members (excludes halogenated alkanes) is 30. The third kappa shape index (κ3) is 57.6. The molecule has 0 rings (SSSR count). The molecule has 0 aromatic carbocycles. The minimum atomic E-state index is -4.76. The van der Waals surface area contributed by atoms with Gasteiger partial charge in [-0.15, -0.1) is 0 Å². The van der Waals surface area contributed by atoms with Gasteiger partial charge < -0.3 is 24.2 Å². The first-order valence-electron chi connectivity index (χ1n) is 31.8. The molecular weight excluding hydrogens is 1000 g/mol. The van der Waals surface area contributed by atoms with Crippen LogP contribution in [0.25, 0.3) is 0 Å². The zero-order chi connectivity index (χ0) is 56.9. The molecule has 11 nitrogen and oxygen atoms in total. The summed E-state index contributed by atoms with van der Waals surface area (Å²) in [4.78, 5) is 48.7. The Balaban J connectivity index is 4.73. The Labute approximate surface area is 478 Å². The number of carbonyl (C=O) groups excluding carboxylic acids is 3. The van der Waals surface area contributed by atoms with E-state index in [1.54, 1.807) is 0 Å². The molecule has 12 heteroatoms. The summed E-state index contributed by atoms with van der Waals surface area (Å²) in [6, 6.07) is 0. The molecule has 0 aromatic rings. The summed E-state index contributed by atoms with van der Waals surface area (Å²) in [6.07, 6.45) is 68.5. The Morgan fingerprint density at radius 3 is 1.05 bits per heavy atom. The lowest BCUT2D eigenvalue weighted by molar-refractivity contribution is -0.161. The fourth-order valence-corrected chi connectivity index (χ4v) is 9.57. The molecule has 0 aliphatic carbocycles. The lowest BCUT2D eigenvalue weighted by atomic mass is 10.0. The summed E-state index contributed by atoms with van der Waals surface area (Å²) in [7, 11) is -4.76. The summed E-state index contributed by atoms with van der Waals surface area (Å²) in [5, 5.41) is 9.84. The number of aliphatic hydroxyl groups excluding tert-OH is 1. The van der Waals surface area contributed by atoms with Crippen LogP contribution >= 0.6 is 7.82 Å². The number of esters is 3. The molecular formula is C66H117O11P. The van der Waals surface area contributed by atoms with E-state index >= 15 is 0 Å². The number of allylic oxidation sites excluding steroid dienone is 12. The van der Waals surface area contributed by atoms with Crippen molar-refractivity contribution in [2.24, 2.45) is 0 Å². The van der Waals surface area contributed by atoms with E-state index in [0.717, 1.165) is 116 Å². The second-order valence-corrected chi connectivity index (χ2v) is 22.7. The molecule has 0 spiro atoms. The molecule has 0 saturated heterocycles. The molecule has 3 unspecified atom stereocenters. The third-order valence-electron chi connectivity index (χ3n) is 13.6. The van der Waals surface area contributed by atoms with Crippen molar-refractivity contribution in [3.8, 4) is 0 Å². The summed E-state index contributed by atoms with van der Waals surface area (Å²) >= 11 is 0. The van der Waals surface area contributed by atoms with Crippen molar-refractivity contribution in [2.45, 2.75) is 303 Å². The number of phosphoric ester groups is 1. The monoisotopic (exact) mass is 1120 g/mol. The summed E-state index contributed by atoms with van der Waals surface area (Å²) in [6.45, 7) is 4.53. The zero-order valence-corrected chi connectivity index (χ0v) is 51.0. The van der Waals surface area contributed by atoms with Gasteiger partial charge in [-0.3, -0.25) is 23.4 Å². The molecule has 0 bridgehead atoms. The van der Waals surface area contributed by atoms with Crippen LogP contribution in [0, 0.1) is 0 Å². The highest BCUT2D eigenvalue weighted by Gasteiger charge is 2.28. The van der Waals surface area contributed by atoms with Crippen LogP contribution in [0.15, 0.2) is 72.9 Å². The second kappa shape index (κ2) is 60.0. The van der Waals surface area contributed by atoms with Crippen LogP contribution in [0.4, 0.5) is 0 Å². The molecule has 0 fully saturated rings. The molecule has 452 valence electrons. The largest absolute Gasteiger partial charge is 0.472 e. The average molecular weight is 1120 g/mol. The number of aliphatic hydroxyl groups is 1. The van der Waals surface area contributed by atoms with Crippen LogP contribution in [0.1, 0.15) is 290 Å². The van der Waals surface area contributed by atoms with Crippen molar-refractivity contribution in [1.29, 1.82) is 0 Å². The highest BCUT2D eigenvalue weighted by atomic mass is 31.2. The fraction of sp³-hybridized carbons (Fsp3) is 0.773. The van der Waals surface area contributed by atoms with Gasteiger partial charge in [-0.25, -0.2) is 4.57 Å². The predicted molar refractivity (Wildman–Crippen MR) is 325 cm³/mol. The molecule has 0 saturated carbocycles. The SMILES string of the molecule is CC/C=C\C/C=C\C/C=C\C/C=C\CCCCCCCCC(=O)OCC(COP(=O)(O)OCC(CO)OC(=O)CCCCCCCCCCCCCCC)OC(=O)CCCCCCCCCCC/C=C\C/C=C\CCCCC. The van der Waals surface area contributed by atoms with Crippen molar-refractivity contribution in [1.82, 2.24) is 0 Å².